The number of benzene rings is 1. The molecule has 0 amide bonds. The second kappa shape index (κ2) is 4.18. The number of carboxylic acid groups (broad SMARTS) is 1. The van der Waals surface area contributed by atoms with Crippen LogP contribution in [0.2, 0.25) is 0 Å². The molecule has 0 saturated heterocycles. The largest absolute Gasteiger partial charge is 0.481 e. The molecule has 0 spiro atoms. The van der Waals surface area contributed by atoms with Gasteiger partial charge in [0.15, 0.2) is 0 Å². The molecule has 0 aliphatic carbocycles. The third-order valence-corrected chi connectivity index (χ3v) is 2.46. The second-order valence-electron chi connectivity index (χ2n) is 3.55. The van der Waals surface area contributed by atoms with Gasteiger partial charge in [-0.2, -0.15) is 0 Å². The van der Waals surface area contributed by atoms with Crippen molar-refractivity contribution in [2.75, 3.05) is 0 Å². The third kappa shape index (κ3) is 1.82. The SMILES string of the molecule is CC(C(=O)O)c1nccn1-c1ccccc1. The molecule has 0 bridgehead atoms. The van der Waals surface area contributed by atoms with Gasteiger partial charge in [0.2, 0.25) is 0 Å². The monoisotopic (exact) mass is 216 g/mol. The van der Waals surface area contributed by atoms with Gasteiger partial charge in [-0.05, 0) is 19.1 Å². The number of carbonyl (C=O) groups is 1. The van der Waals surface area contributed by atoms with Crippen molar-refractivity contribution < 1.29 is 9.90 Å². The van der Waals surface area contributed by atoms with E-state index in [1.807, 2.05) is 30.3 Å². The molecule has 1 N–H and O–H groups in total. The maximum absolute atomic E-state index is 10.9. The van der Waals surface area contributed by atoms with Gasteiger partial charge in [-0.3, -0.25) is 4.79 Å². The highest BCUT2D eigenvalue weighted by Crippen LogP contribution is 2.17. The van der Waals surface area contributed by atoms with Crippen molar-refractivity contribution in [3.8, 4) is 5.69 Å². The van der Waals surface area contributed by atoms with Crippen molar-refractivity contribution in [3.63, 3.8) is 0 Å². The van der Waals surface area contributed by atoms with Crippen LogP contribution < -0.4 is 0 Å². The molecule has 2 aromatic rings. The molecule has 1 aromatic heterocycles. The minimum absolute atomic E-state index is 0.540. The zero-order chi connectivity index (χ0) is 11.5. The fraction of sp³-hybridized carbons (Fsp3) is 0.167. The average molecular weight is 216 g/mol. The first-order valence-electron chi connectivity index (χ1n) is 5.01. The van der Waals surface area contributed by atoms with Crippen LogP contribution in [0.4, 0.5) is 0 Å². The summed E-state index contributed by atoms with van der Waals surface area (Å²) in [6, 6.07) is 9.56. The maximum atomic E-state index is 10.9. The van der Waals surface area contributed by atoms with Crippen molar-refractivity contribution in [1.29, 1.82) is 0 Å². The van der Waals surface area contributed by atoms with Crippen molar-refractivity contribution in [2.45, 2.75) is 12.8 Å². The summed E-state index contributed by atoms with van der Waals surface area (Å²) in [7, 11) is 0. The van der Waals surface area contributed by atoms with Crippen LogP contribution in [0, 0.1) is 0 Å². The van der Waals surface area contributed by atoms with Crippen molar-refractivity contribution in [1.82, 2.24) is 9.55 Å². The number of aromatic nitrogens is 2. The van der Waals surface area contributed by atoms with Gasteiger partial charge in [0.25, 0.3) is 0 Å². The highest BCUT2D eigenvalue weighted by molar-refractivity contribution is 5.74. The molecule has 82 valence electrons. The summed E-state index contributed by atoms with van der Waals surface area (Å²) < 4.78 is 1.79. The molecular weight excluding hydrogens is 204 g/mol. The van der Waals surface area contributed by atoms with E-state index in [-0.39, 0.29) is 0 Å². The molecule has 1 heterocycles. The lowest BCUT2D eigenvalue weighted by Crippen LogP contribution is -2.13. The number of hydrogen-bond donors (Lipinski definition) is 1. The van der Waals surface area contributed by atoms with Crippen molar-refractivity contribution in [2.24, 2.45) is 0 Å². The van der Waals surface area contributed by atoms with Gasteiger partial charge in [0.05, 0.1) is 0 Å². The zero-order valence-corrected chi connectivity index (χ0v) is 8.87. The molecule has 4 nitrogen and oxygen atoms in total. The average Bonchev–Trinajstić information content (AvgIpc) is 2.77. The van der Waals surface area contributed by atoms with Crippen molar-refractivity contribution >= 4 is 5.97 Å². The smallest absolute Gasteiger partial charge is 0.313 e. The van der Waals surface area contributed by atoms with Gasteiger partial charge in [0.1, 0.15) is 11.7 Å². The van der Waals surface area contributed by atoms with E-state index in [1.165, 1.54) is 0 Å². The Morgan fingerprint density at radius 1 is 1.38 bits per heavy atom. The maximum Gasteiger partial charge on any atom is 0.313 e. The first-order chi connectivity index (χ1) is 7.70. The third-order valence-electron chi connectivity index (χ3n) is 2.46. The van der Waals surface area contributed by atoms with E-state index in [4.69, 9.17) is 5.11 Å². The molecular formula is C12H12N2O2. The summed E-state index contributed by atoms with van der Waals surface area (Å²) in [5, 5.41) is 8.97. The lowest BCUT2D eigenvalue weighted by Gasteiger charge is -2.10. The number of aliphatic carboxylic acids is 1. The first kappa shape index (κ1) is 10.4. The van der Waals surface area contributed by atoms with Crippen LogP contribution in [-0.4, -0.2) is 20.6 Å². The Kier molecular flexibility index (Phi) is 2.72. The molecule has 0 saturated carbocycles. The Morgan fingerprint density at radius 2 is 2.06 bits per heavy atom. The van der Waals surface area contributed by atoms with Crippen molar-refractivity contribution in [3.05, 3.63) is 48.5 Å². The van der Waals surface area contributed by atoms with Gasteiger partial charge >= 0.3 is 5.97 Å². The lowest BCUT2D eigenvalue weighted by molar-refractivity contribution is -0.138. The normalized spacial score (nSPS) is 12.3. The van der Waals surface area contributed by atoms with Gasteiger partial charge in [0, 0.05) is 18.1 Å². The number of nitrogens with zero attached hydrogens (tertiary/aromatic N) is 2. The molecule has 0 radical (unpaired) electrons. The first-order valence-corrected chi connectivity index (χ1v) is 5.01. The summed E-state index contributed by atoms with van der Waals surface area (Å²) in [5.74, 6) is -0.947. The Morgan fingerprint density at radius 3 is 2.69 bits per heavy atom. The summed E-state index contributed by atoms with van der Waals surface area (Å²) in [6.45, 7) is 1.63. The molecule has 1 unspecified atom stereocenters. The Balaban J connectivity index is 2.44. The summed E-state index contributed by atoms with van der Waals surface area (Å²) in [6.07, 6.45) is 3.38. The van der Waals surface area contributed by atoms with Gasteiger partial charge < -0.3 is 9.67 Å². The molecule has 0 aliphatic rings. The topological polar surface area (TPSA) is 55.1 Å². The number of imidazole rings is 1. The van der Waals surface area contributed by atoms with E-state index < -0.39 is 11.9 Å². The highest BCUT2D eigenvalue weighted by atomic mass is 16.4. The standard InChI is InChI=1S/C12H12N2O2/c1-9(12(15)16)11-13-7-8-14(11)10-5-3-2-4-6-10/h2-9H,1H3,(H,15,16). The van der Waals surface area contributed by atoms with E-state index in [0.717, 1.165) is 5.69 Å². The second-order valence-corrected chi connectivity index (χ2v) is 3.55. The van der Waals surface area contributed by atoms with Crippen LogP contribution in [0.3, 0.4) is 0 Å². The fourth-order valence-corrected chi connectivity index (χ4v) is 1.55. The Hall–Kier alpha value is -2.10. The predicted molar refractivity (Wildman–Crippen MR) is 59.6 cm³/mol. The molecule has 1 aromatic carbocycles. The minimum Gasteiger partial charge on any atom is -0.481 e. The molecule has 0 aliphatic heterocycles. The van der Waals surface area contributed by atoms with E-state index in [2.05, 4.69) is 4.98 Å². The predicted octanol–water partition coefficient (Wildman–Crippen LogP) is 2.06. The minimum atomic E-state index is -0.872. The van der Waals surface area contributed by atoms with Crippen LogP contribution in [0.5, 0.6) is 0 Å². The van der Waals surface area contributed by atoms with Crippen LogP contribution in [-0.2, 0) is 4.79 Å². The van der Waals surface area contributed by atoms with Crippen LogP contribution in [0.25, 0.3) is 5.69 Å². The Bertz CT molecular complexity index is 491. The van der Waals surface area contributed by atoms with E-state index >= 15 is 0 Å². The van der Waals surface area contributed by atoms with Crippen LogP contribution in [0.15, 0.2) is 42.7 Å². The van der Waals surface area contributed by atoms with Gasteiger partial charge in [-0.15, -0.1) is 0 Å². The van der Waals surface area contributed by atoms with Gasteiger partial charge in [-0.1, -0.05) is 18.2 Å². The zero-order valence-electron chi connectivity index (χ0n) is 8.87. The number of carboxylic acids is 1. The van der Waals surface area contributed by atoms with Crippen LogP contribution in [0.1, 0.15) is 18.7 Å². The summed E-state index contributed by atoms with van der Waals surface area (Å²) >= 11 is 0. The van der Waals surface area contributed by atoms with E-state index in [9.17, 15) is 4.79 Å². The highest BCUT2D eigenvalue weighted by Gasteiger charge is 2.19. The molecule has 0 fully saturated rings. The molecule has 4 heteroatoms. The number of para-hydroxylation sites is 1. The lowest BCUT2D eigenvalue weighted by atomic mass is 10.1. The van der Waals surface area contributed by atoms with E-state index in [1.54, 1.807) is 23.9 Å². The molecule has 16 heavy (non-hydrogen) atoms. The van der Waals surface area contributed by atoms with E-state index in [0.29, 0.717) is 5.82 Å². The molecule has 2 rings (SSSR count). The summed E-state index contributed by atoms with van der Waals surface area (Å²) in [4.78, 5) is 15.0. The quantitative estimate of drug-likeness (QED) is 0.854. The Labute approximate surface area is 93.2 Å². The van der Waals surface area contributed by atoms with Gasteiger partial charge in [-0.25, -0.2) is 4.98 Å². The molecule has 1 atom stereocenters. The summed E-state index contributed by atoms with van der Waals surface area (Å²) in [5.41, 5.74) is 0.920. The van der Waals surface area contributed by atoms with Crippen LogP contribution >= 0.6 is 0 Å². The fourth-order valence-electron chi connectivity index (χ4n) is 1.55. The number of hydrogen-bond acceptors (Lipinski definition) is 2. The number of rotatable bonds is 3.